The maximum atomic E-state index is 12.5. The van der Waals surface area contributed by atoms with Gasteiger partial charge >= 0.3 is 0 Å². The van der Waals surface area contributed by atoms with Crippen LogP contribution < -0.4 is 19.3 Å². The Kier molecular flexibility index (Phi) is 5.29. The van der Waals surface area contributed by atoms with Gasteiger partial charge in [-0.3, -0.25) is 9.59 Å². The van der Waals surface area contributed by atoms with Crippen molar-refractivity contribution >= 4 is 23.2 Å². The van der Waals surface area contributed by atoms with E-state index in [1.54, 1.807) is 24.1 Å². The number of anilines is 2. The number of nitrogens with zero attached hydrogens (tertiary/aromatic N) is 3. The molecule has 4 rings (SSSR count). The number of para-hydroxylation sites is 2. The first kappa shape index (κ1) is 19.1. The van der Waals surface area contributed by atoms with Crippen LogP contribution in [0, 0.1) is 0 Å². The first-order valence-corrected chi connectivity index (χ1v) is 9.75. The van der Waals surface area contributed by atoms with Crippen molar-refractivity contribution in [2.45, 2.75) is 6.42 Å². The van der Waals surface area contributed by atoms with Crippen LogP contribution in [0.1, 0.15) is 5.56 Å². The molecule has 0 aliphatic carbocycles. The molecule has 2 aromatic rings. The molecule has 152 valence electrons. The van der Waals surface area contributed by atoms with Gasteiger partial charge in [0.05, 0.1) is 13.5 Å². The molecule has 0 saturated carbocycles. The van der Waals surface area contributed by atoms with Crippen molar-refractivity contribution in [3.8, 4) is 11.5 Å². The molecule has 0 spiro atoms. The van der Waals surface area contributed by atoms with Crippen LogP contribution in [-0.4, -0.2) is 63.7 Å². The standard InChI is InChI=1S/C22H25N3O4/c1-23-18-8-7-17(13-16(18)14-21(23)26)24-9-11-25(12-10-24)22(27)15-29-20-6-4-3-5-19(20)28-2/h3-8,13H,9-12,14-15H2,1-2H3. The van der Waals surface area contributed by atoms with Crippen LogP contribution in [-0.2, 0) is 16.0 Å². The topological polar surface area (TPSA) is 62.3 Å². The van der Waals surface area contributed by atoms with Gasteiger partial charge in [-0.05, 0) is 35.9 Å². The van der Waals surface area contributed by atoms with Crippen LogP contribution in [0.25, 0.3) is 0 Å². The highest BCUT2D eigenvalue weighted by Gasteiger charge is 2.26. The average Bonchev–Trinajstić information content (AvgIpc) is 3.05. The molecule has 0 aromatic heterocycles. The lowest BCUT2D eigenvalue weighted by Crippen LogP contribution is -2.50. The summed E-state index contributed by atoms with van der Waals surface area (Å²) in [6, 6.07) is 13.5. The van der Waals surface area contributed by atoms with Crippen LogP contribution in [0.4, 0.5) is 11.4 Å². The van der Waals surface area contributed by atoms with E-state index in [2.05, 4.69) is 17.0 Å². The summed E-state index contributed by atoms with van der Waals surface area (Å²) < 4.78 is 10.9. The molecule has 0 bridgehead atoms. The third-order valence-electron chi connectivity index (χ3n) is 5.56. The summed E-state index contributed by atoms with van der Waals surface area (Å²) in [7, 11) is 3.39. The Morgan fingerprint density at radius 1 is 1.03 bits per heavy atom. The second-order valence-corrected chi connectivity index (χ2v) is 7.25. The zero-order valence-electron chi connectivity index (χ0n) is 16.8. The summed E-state index contributed by atoms with van der Waals surface area (Å²) in [4.78, 5) is 30.2. The van der Waals surface area contributed by atoms with Gasteiger partial charge in [0.1, 0.15) is 0 Å². The molecule has 2 aliphatic heterocycles. The third-order valence-corrected chi connectivity index (χ3v) is 5.56. The summed E-state index contributed by atoms with van der Waals surface area (Å²) in [5.41, 5.74) is 3.16. The van der Waals surface area contributed by atoms with Gasteiger partial charge in [-0.25, -0.2) is 0 Å². The second-order valence-electron chi connectivity index (χ2n) is 7.25. The van der Waals surface area contributed by atoms with E-state index in [0.717, 1.165) is 30.0 Å². The van der Waals surface area contributed by atoms with E-state index in [1.807, 2.05) is 30.1 Å². The number of hydrogen-bond acceptors (Lipinski definition) is 5. The lowest BCUT2D eigenvalue weighted by molar-refractivity contribution is -0.133. The van der Waals surface area contributed by atoms with Gasteiger partial charge in [-0.2, -0.15) is 0 Å². The molecular formula is C22H25N3O4. The van der Waals surface area contributed by atoms with Crippen LogP contribution >= 0.6 is 0 Å². The Labute approximate surface area is 170 Å². The number of carbonyl (C=O) groups excluding carboxylic acids is 2. The van der Waals surface area contributed by atoms with Gasteiger partial charge in [0, 0.05) is 44.6 Å². The predicted molar refractivity (Wildman–Crippen MR) is 111 cm³/mol. The van der Waals surface area contributed by atoms with Crippen molar-refractivity contribution in [1.29, 1.82) is 0 Å². The fourth-order valence-corrected chi connectivity index (χ4v) is 3.84. The van der Waals surface area contributed by atoms with Crippen LogP contribution in [0.15, 0.2) is 42.5 Å². The van der Waals surface area contributed by atoms with Crippen molar-refractivity contribution in [2.24, 2.45) is 0 Å². The molecular weight excluding hydrogens is 370 g/mol. The average molecular weight is 395 g/mol. The number of amides is 2. The number of benzene rings is 2. The lowest BCUT2D eigenvalue weighted by atomic mass is 10.1. The predicted octanol–water partition coefficient (Wildman–Crippen LogP) is 1.94. The van der Waals surface area contributed by atoms with E-state index in [4.69, 9.17) is 9.47 Å². The summed E-state index contributed by atoms with van der Waals surface area (Å²) in [6.45, 7) is 2.79. The van der Waals surface area contributed by atoms with Crippen molar-refractivity contribution in [1.82, 2.24) is 4.90 Å². The summed E-state index contributed by atoms with van der Waals surface area (Å²) in [5, 5.41) is 0. The number of rotatable bonds is 5. The molecule has 0 unspecified atom stereocenters. The normalized spacial score (nSPS) is 16.1. The van der Waals surface area contributed by atoms with Crippen molar-refractivity contribution in [3.63, 3.8) is 0 Å². The zero-order valence-corrected chi connectivity index (χ0v) is 16.8. The van der Waals surface area contributed by atoms with Crippen LogP contribution in [0.2, 0.25) is 0 Å². The highest BCUT2D eigenvalue weighted by atomic mass is 16.5. The van der Waals surface area contributed by atoms with Crippen LogP contribution in [0.5, 0.6) is 11.5 Å². The van der Waals surface area contributed by atoms with E-state index in [9.17, 15) is 9.59 Å². The first-order valence-electron chi connectivity index (χ1n) is 9.75. The zero-order chi connectivity index (χ0) is 20.4. The van der Waals surface area contributed by atoms with Gasteiger partial charge in [-0.15, -0.1) is 0 Å². The maximum absolute atomic E-state index is 12.5. The van der Waals surface area contributed by atoms with Gasteiger partial charge in [0.15, 0.2) is 18.1 Å². The molecule has 0 N–H and O–H groups in total. The number of methoxy groups -OCH3 is 1. The number of carbonyl (C=O) groups is 2. The van der Waals surface area contributed by atoms with Crippen LogP contribution in [0.3, 0.4) is 0 Å². The van der Waals surface area contributed by atoms with Crippen molar-refractivity contribution < 1.29 is 19.1 Å². The molecule has 1 saturated heterocycles. The fraction of sp³-hybridized carbons (Fsp3) is 0.364. The fourth-order valence-electron chi connectivity index (χ4n) is 3.84. The molecule has 2 amide bonds. The quantitative estimate of drug-likeness (QED) is 0.774. The Hall–Kier alpha value is -3.22. The number of hydrogen-bond donors (Lipinski definition) is 0. The highest BCUT2D eigenvalue weighted by Crippen LogP contribution is 2.31. The molecule has 0 radical (unpaired) electrons. The number of likely N-dealkylation sites (N-methyl/N-ethyl adjacent to an activating group) is 1. The number of fused-ring (bicyclic) bond motifs is 1. The van der Waals surface area contributed by atoms with E-state index in [1.165, 1.54) is 0 Å². The number of ether oxygens (including phenoxy) is 2. The monoisotopic (exact) mass is 395 g/mol. The minimum Gasteiger partial charge on any atom is -0.493 e. The van der Waals surface area contributed by atoms with Gasteiger partial charge in [0.2, 0.25) is 5.91 Å². The highest BCUT2D eigenvalue weighted by molar-refractivity contribution is 6.01. The molecule has 29 heavy (non-hydrogen) atoms. The largest absolute Gasteiger partial charge is 0.493 e. The van der Waals surface area contributed by atoms with E-state index < -0.39 is 0 Å². The second kappa shape index (κ2) is 8.03. The Balaban J connectivity index is 1.32. The van der Waals surface area contributed by atoms with Crippen molar-refractivity contribution in [3.05, 3.63) is 48.0 Å². The minimum absolute atomic E-state index is 0.00628. The Morgan fingerprint density at radius 2 is 1.76 bits per heavy atom. The number of piperazine rings is 1. The molecule has 2 aromatic carbocycles. The molecule has 0 atom stereocenters. The van der Waals surface area contributed by atoms with Gasteiger partial charge < -0.3 is 24.2 Å². The SMILES string of the molecule is COc1ccccc1OCC(=O)N1CCN(c2ccc3c(c2)CC(=O)N3C)CC1. The van der Waals surface area contributed by atoms with E-state index in [0.29, 0.717) is 31.0 Å². The molecule has 2 heterocycles. The molecule has 7 heteroatoms. The third kappa shape index (κ3) is 3.85. The maximum Gasteiger partial charge on any atom is 0.260 e. The Morgan fingerprint density at radius 3 is 2.48 bits per heavy atom. The lowest BCUT2D eigenvalue weighted by Gasteiger charge is -2.36. The smallest absolute Gasteiger partial charge is 0.260 e. The summed E-state index contributed by atoms with van der Waals surface area (Å²) >= 11 is 0. The van der Waals surface area contributed by atoms with Gasteiger partial charge in [0.25, 0.3) is 5.91 Å². The first-order chi connectivity index (χ1) is 14.1. The molecule has 1 fully saturated rings. The molecule has 2 aliphatic rings. The van der Waals surface area contributed by atoms with E-state index in [-0.39, 0.29) is 18.4 Å². The van der Waals surface area contributed by atoms with Gasteiger partial charge in [-0.1, -0.05) is 12.1 Å². The molecule has 7 nitrogen and oxygen atoms in total. The van der Waals surface area contributed by atoms with E-state index >= 15 is 0 Å². The summed E-state index contributed by atoms with van der Waals surface area (Å²) in [5.74, 6) is 1.28. The van der Waals surface area contributed by atoms with Crippen molar-refractivity contribution in [2.75, 3.05) is 56.7 Å². The Bertz CT molecular complexity index is 922. The minimum atomic E-state index is -0.0308. The summed E-state index contributed by atoms with van der Waals surface area (Å²) in [6.07, 6.45) is 0.457.